The highest BCUT2D eigenvalue weighted by Crippen LogP contribution is 2.25. The number of carbonyl (C=O) groups is 1. The highest BCUT2D eigenvalue weighted by atomic mass is 35.5. The monoisotopic (exact) mass is 480 g/mol. The third kappa shape index (κ3) is 5.57. The first-order chi connectivity index (χ1) is 15.0. The molecule has 4 rings (SSSR count). The standard InChI is InChI=1S/C21H19Cl2FN4O2S/c22-15-6-4-14(5-7-15)20-25-26-21(30-20)31-13-19(29)28-10-8-27(9-11-28)12-16-17(23)2-1-3-18(16)24/h1-7H,8-13H2. The third-order valence-electron chi connectivity index (χ3n) is 4.99. The van der Waals surface area contributed by atoms with E-state index in [9.17, 15) is 9.18 Å². The molecule has 0 spiro atoms. The van der Waals surface area contributed by atoms with Gasteiger partial charge in [-0.1, -0.05) is 41.0 Å². The maximum atomic E-state index is 14.0. The van der Waals surface area contributed by atoms with Crippen molar-refractivity contribution in [2.45, 2.75) is 11.8 Å². The largest absolute Gasteiger partial charge is 0.411 e. The van der Waals surface area contributed by atoms with Crippen LogP contribution in [0.5, 0.6) is 0 Å². The molecule has 2 aromatic carbocycles. The van der Waals surface area contributed by atoms with Crippen LogP contribution in [-0.4, -0.2) is 57.8 Å². The first kappa shape index (κ1) is 22.1. The summed E-state index contributed by atoms with van der Waals surface area (Å²) >= 11 is 13.2. The molecule has 0 saturated carbocycles. The number of piperazine rings is 1. The Morgan fingerprint density at radius 3 is 2.52 bits per heavy atom. The SMILES string of the molecule is O=C(CSc1nnc(-c2ccc(Cl)cc2)o1)N1CCN(Cc2c(F)cccc2Cl)CC1. The lowest BCUT2D eigenvalue weighted by molar-refractivity contribution is -0.130. The van der Waals surface area contributed by atoms with Crippen LogP contribution < -0.4 is 0 Å². The predicted molar refractivity (Wildman–Crippen MR) is 119 cm³/mol. The lowest BCUT2D eigenvalue weighted by Gasteiger charge is -2.34. The molecular weight excluding hydrogens is 462 g/mol. The van der Waals surface area contributed by atoms with Crippen LogP contribution in [0, 0.1) is 5.82 Å². The summed E-state index contributed by atoms with van der Waals surface area (Å²) in [7, 11) is 0. The zero-order valence-corrected chi connectivity index (χ0v) is 18.8. The average molecular weight is 481 g/mol. The topological polar surface area (TPSA) is 62.5 Å². The number of halogens is 3. The lowest BCUT2D eigenvalue weighted by atomic mass is 10.2. The molecule has 3 aromatic rings. The van der Waals surface area contributed by atoms with Crippen LogP contribution in [-0.2, 0) is 11.3 Å². The van der Waals surface area contributed by atoms with Crippen LogP contribution in [0.15, 0.2) is 52.1 Å². The van der Waals surface area contributed by atoms with E-state index < -0.39 is 0 Å². The van der Waals surface area contributed by atoms with Crippen molar-refractivity contribution in [3.63, 3.8) is 0 Å². The van der Waals surface area contributed by atoms with E-state index in [4.69, 9.17) is 27.6 Å². The summed E-state index contributed by atoms with van der Waals surface area (Å²) in [5.41, 5.74) is 1.26. The summed E-state index contributed by atoms with van der Waals surface area (Å²) in [5, 5.41) is 9.40. The maximum Gasteiger partial charge on any atom is 0.277 e. The Balaban J connectivity index is 1.25. The van der Waals surface area contributed by atoms with Gasteiger partial charge in [0.1, 0.15) is 5.82 Å². The molecule has 0 atom stereocenters. The number of thioether (sulfide) groups is 1. The molecule has 0 unspecified atom stereocenters. The quantitative estimate of drug-likeness (QED) is 0.479. The van der Waals surface area contributed by atoms with Gasteiger partial charge in [-0.05, 0) is 36.4 Å². The number of carbonyl (C=O) groups excluding carboxylic acids is 1. The number of nitrogens with zero attached hydrogens (tertiary/aromatic N) is 4. The summed E-state index contributed by atoms with van der Waals surface area (Å²) in [5.74, 6) is 0.285. The van der Waals surface area contributed by atoms with E-state index in [0.29, 0.717) is 59.4 Å². The molecule has 0 bridgehead atoms. The average Bonchev–Trinajstić information content (AvgIpc) is 3.25. The van der Waals surface area contributed by atoms with Crippen molar-refractivity contribution < 1.29 is 13.6 Å². The van der Waals surface area contributed by atoms with Crippen LogP contribution in [0.4, 0.5) is 4.39 Å². The summed E-state index contributed by atoms with van der Waals surface area (Å²) in [6.07, 6.45) is 0. The second-order valence-corrected chi connectivity index (χ2v) is 8.80. The molecule has 0 N–H and O–H groups in total. The normalized spacial score (nSPS) is 14.7. The number of amides is 1. The van der Waals surface area contributed by atoms with Gasteiger partial charge in [-0.15, -0.1) is 10.2 Å². The van der Waals surface area contributed by atoms with E-state index in [1.54, 1.807) is 41.3 Å². The second-order valence-electron chi connectivity index (χ2n) is 7.03. The number of hydrogen-bond acceptors (Lipinski definition) is 6. The first-order valence-corrected chi connectivity index (χ1v) is 11.4. The molecule has 2 heterocycles. The Morgan fingerprint density at radius 1 is 1.06 bits per heavy atom. The summed E-state index contributed by atoms with van der Waals surface area (Å²) in [4.78, 5) is 16.4. The third-order valence-corrected chi connectivity index (χ3v) is 6.39. The number of rotatable bonds is 6. The smallest absolute Gasteiger partial charge is 0.277 e. The predicted octanol–water partition coefficient (Wildman–Crippen LogP) is 4.62. The van der Waals surface area contributed by atoms with Gasteiger partial charge in [0.2, 0.25) is 11.8 Å². The van der Waals surface area contributed by atoms with Crippen LogP contribution in [0.1, 0.15) is 5.56 Å². The van der Waals surface area contributed by atoms with Crippen molar-refractivity contribution in [2.75, 3.05) is 31.9 Å². The van der Waals surface area contributed by atoms with E-state index >= 15 is 0 Å². The number of hydrogen-bond donors (Lipinski definition) is 0. The molecule has 1 aliphatic heterocycles. The van der Waals surface area contributed by atoms with Crippen LogP contribution >= 0.6 is 35.0 Å². The second kappa shape index (κ2) is 9.99. The Bertz CT molecular complexity index is 1040. The molecule has 1 fully saturated rings. The fraction of sp³-hybridized carbons (Fsp3) is 0.286. The number of aromatic nitrogens is 2. The minimum absolute atomic E-state index is 0.000169. The minimum Gasteiger partial charge on any atom is -0.411 e. The van der Waals surface area contributed by atoms with Crippen molar-refractivity contribution in [2.24, 2.45) is 0 Å². The fourth-order valence-corrected chi connectivity index (χ4v) is 4.27. The molecule has 31 heavy (non-hydrogen) atoms. The van der Waals surface area contributed by atoms with Gasteiger partial charge in [-0.3, -0.25) is 9.69 Å². The molecule has 10 heteroatoms. The van der Waals surface area contributed by atoms with Gasteiger partial charge in [0.15, 0.2) is 0 Å². The Hall–Kier alpha value is -2.13. The highest BCUT2D eigenvalue weighted by Gasteiger charge is 2.23. The van der Waals surface area contributed by atoms with Crippen LogP contribution in [0.2, 0.25) is 10.0 Å². The van der Waals surface area contributed by atoms with E-state index in [1.165, 1.54) is 17.8 Å². The zero-order valence-electron chi connectivity index (χ0n) is 16.4. The lowest BCUT2D eigenvalue weighted by Crippen LogP contribution is -2.48. The van der Waals surface area contributed by atoms with Crippen molar-refractivity contribution in [1.29, 1.82) is 0 Å². The Labute approximate surface area is 193 Å². The van der Waals surface area contributed by atoms with Gasteiger partial charge in [0.05, 0.1) is 5.75 Å². The molecule has 1 saturated heterocycles. The molecule has 1 aromatic heterocycles. The van der Waals surface area contributed by atoms with E-state index in [0.717, 1.165) is 5.56 Å². The van der Waals surface area contributed by atoms with Gasteiger partial charge >= 0.3 is 0 Å². The van der Waals surface area contributed by atoms with Gasteiger partial charge in [-0.2, -0.15) is 0 Å². The Kier molecular flexibility index (Phi) is 7.12. The molecular formula is C21H19Cl2FN4O2S. The van der Waals surface area contributed by atoms with Crippen molar-refractivity contribution in [3.05, 3.63) is 63.9 Å². The molecule has 6 nitrogen and oxygen atoms in total. The molecule has 1 amide bonds. The molecule has 0 aliphatic carbocycles. The summed E-state index contributed by atoms with van der Waals surface area (Å²) < 4.78 is 19.6. The molecule has 0 radical (unpaired) electrons. The highest BCUT2D eigenvalue weighted by molar-refractivity contribution is 7.99. The van der Waals surface area contributed by atoms with E-state index in [1.807, 2.05) is 0 Å². The first-order valence-electron chi connectivity index (χ1n) is 9.65. The van der Waals surface area contributed by atoms with Gasteiger partial charge in [-0.25, -0.2) is 4.39 Å². The fourth-order valence-electron chi connectivity index (χ4n) is 3.25. The van der Waals surface area contributed by atoms with Gasteiger partial charge in [0, 0.05) is 53.9 Å². The van der Waals surface area contributed by atoms with Gasteiger partial charge in [0.25, 0.3) is 5.22 Å². The number of benzene rings is 2. The minimum atomic E-state index is -0.306. The van der Waals surface area contributed by atoms with Crippen LogP contribution in [0.25, 0.3) is 11.5 Å². The van der Waals surface area contributed by atoms with E-state index in [-0.39, 0.29) is 17.5 Å². The van der Waals surface area contributed by atoms with Crippen molar-refractivity contribution >= 4 is 40.9 Å². The summed E-state index contributed by atoms with van der Waals surface area (Å²) in [6, 6.07) is 11.8. The maximum absolute atomic E-state index is 14.0. The molecule has 162 valence electrons. The van der Waals surface area contributed by atoms with Crippen molar-refractivity contribution in [3.8, 4) is 11.5 Å². The molecule has 1 aliphatic rings. The van der Waals surface area contributed by atoms with Crippen molar-refractivity contribution in [1.82, 2.24) is 20.0 Å². The summed E-state index contributed by atoms with van der Waals surface area (Å²) in [6.45, 7) is 2.89. The van der Waals surface area contributed by atoms with Crippen LogP contribution in [0.3, 0.4) is 0 Å². The van der Waals surface area contributed by atoms with E-state index in [2.05, 4.69) is 15.1 Å². The Morgan fingerprint density at radius 2 is 1.81 bits per heavy atom. The van der Waals surface area contributed by atoms with Gasteiger partial charge < -0.3 is 9.32 Å². The zero-order chi connectivity index (χ0) is 21.8.